The molecular formula is C24H30N6O2. The molecule has 1 saturated carbocycles. The van der Waals surface area contributed by atoms with Gasteiger partial charge in [0.05, 0.1) is 25.0 Å². The van der Waals surface area contributed by atoms with Crippen molar-refractivity contribution in [2.45, 2.75) is 50.6 Å². The highest BCUT2D eigenvalue weighted by Gasteiger charge is 2.30. The molecule has 0 spiro atoms. The first-order valence-corrected chi connectivity index (χ1v) is 11.5. The number of fused-ring (bicyclic) bond motifs is 1. The van der Waals surface area contributed by atoms with Gasteiger partial charge >= 0.3 is 6.03 Å². The molecule has 0 unspecified atom stereocenters. The van der Waals surface area contributed by atoms with Gasteiger partial charge < -0.3 is 20.3 Å². The third-order valence-electron chi connectivity index (χ3n) is 6.58. The van der Waals surface area contributed by atoms with E-state index < -0.39 is 0 Å². The Morgan fingerprint density at radius 1 is 1.12 bits per heavy atom. The van der Waals surface area contributed by atoms with Crippen LogP contribution in [0, 0.1) is 0 Å². The monoisotopic (exact) mass is 434 g/mol. The summed E-state index contributed by atoms with van der Waals surface area (Å²) in [6, 6.07) is 12.3. The topological polar surface area (TPSA) is 83.8 Å². The second-order valence-electron chi connectivity index (χ2n) is 8.63. The summed E-state index contributed by atoms with van der Waals surface area (Å²) in [5.74, 6) is 1.54. The lowest BCUT2D eigenvalue weighted by atomic mass is 10.1. The molecule has 32 heavy (non-hydrogen) atoms. The first kappa shape index (κ1) is 20.6. The van der Waals surface area contributed by atoms with Crippen molar-refractivity contribution in [3.63, 3.8) is 0 Å². The number of aromatic nitrogens is 3. The third kappa shape index (κ3) is 4.09. The lowest BCUT2D eigenvalue weighted by Crippen LogP contribution is -2.48. The number of amides is 2. The largest absolute Gasteiger partial charge is 0.496 e. The van der Waals surface area contributed by atoms with Gasteiger partial charge in [0.1, 0.15) is 11.6 Å². The van der Waals surface area contributed by atoms with Gasteiger partial charge in [0.15, 0.2) is 5.65 Å². The number of methoxy groups -OCH3 is 1. The minimum absolute atomic E-state index is 0.0812. The maximum atomic E-state index is 12.8. The molecule has 2 aliphatic rings. The Balaban J connectivity index is 1.29. The summed E-state index contributed by atoms with van der Waals surface area (Å²) in [7, 11) is 1.67. The fourth-order valence-corrected chi connectivity index (χ4v) is 4.87. The lowest BCUT2D eigenvalue weighted by molar-refractivity contribution is 0.190. The van der Waals surface area contributed by atoms with Crippen LogP contribution < -0.4 is 15.4 Å². The van der Waals surface area contributed by atoms with E-state index in [0.717, 1.165) is 60.7 Å². The van der Waals surface area contributed by atoms with Gasteiger partial charge in [-0.2, -0.15) is 0 Å². The van der Waals surface area contributed by atoms with Crippen LogP contribution in [-0.4, -0.2) is 57.8 Å². The van der Waals surface area contributed by atoms with Gasteiger partial charge in [-0.15, -0.1) is 5.10 Å². The van der Waals surface area contributed by atoms with Gasteiger partial charge in [-0.3, -0.25) is 0 Å². The van der Waals surface area contributed by atoms with Crippen molar-refractivity contribution in [2.75, 3.05) is 25.5 Å². The summed E-state index contributed by atoms with van der Waals surface area (Å²) in [5, 5.41) is 11.4. The molecule has 3 aromatic rings. The molecule has 2 fully saturated rings. The SMILES string of the molecule is COc1ccccc1-c1cnc2ccc(NC[C@@H]3CCCN3C(=O)NC3CCCC3)nn12. The third-order valence-corrected chi connectivity index (χ3v) is 6.58. The summed E-state index contributed by atoms with van der Waals surface area (Å²) >= 11 is 0. The van der Waals surface area contributed by atoms with Crippen molar-refractivity contribution in [3.8, 4) is 17.0 Å². The smallest absolute Gasteiger partial charge is 0.317 e. The van der Waals surface area contributed by atoms with E-state index in [9.17, 15) is 4.79 Å². The Labute approximate surface area is 188 Å². The second-order valence-corrected chi connectivity index (χ2v) is 8.63. The number of likely N-dealkylation sites (tertiary alicyclic amines) is 1. The highest BCUT2D eigenvalue weighted by molar-refractivity contribution is 5.75. The van der Waals surface area contributed by atoms with Gasteiger partial charge in [-0.05, 0) is 49.9 Å². The highest BCUT2D eigenvalue weighted by atomic mass is 16.5. The van der Waals surface area contributed by atoms with Gasteiger partial charge in [-0.25, -0.2) is 14.3 Å². The normalized spacial score (nSPS) is 18.9. The number of para-hydroxylation sites is 1. The minimum Gasteiger partial charge on any atom is -0.496 e. The van der Waals surface area contributed by atoms with Gasteiger partial charge in [0, 0.05) is 24.7 Å². The van der Waals surface area contributed by atoms with Gasteiger partial charge in [-0.1, -0.05) is 25.0 Å². The number of imidazole rings is 1. The van der Waals surface area contributed by atoms with Crippen molar-refractivity contribution >= 4 is 17.5 Å². The maximum Gasteiger partial charge on any atom is 0.317 e. The van der Waals surface area contributed by atoms with Gasteiger partial charge in [0.25, 0.3) is 0 Å². The van der Waals surface area contributed by atoms with Crippen LogP contribution in [0.4, 0.5) is 10.6 Å². The molecule has 2 amide bonds. The number of nitrogens with zero attached hydrogens (tertiary/aromatic N) is 4. The Bertz CT molecular complexity index is 1090. The van der Waals surface area contributed by atoms with Crippen LogP contribution >= 0.6 is 0 Å². The number of nitrogens with one attached hydrogen (secondary N) is 2. The molecule has 1 atom stereocenters. The number of ether oxygens (including phenoxy) is 1. The van der Waals surface area contributed by atoms with Crippen molar-refractivity contribution in [1.82, 2.24) is 24.8 Å². The Morgan fingerprint density at radius 2 is 1.97 bits per heavy atom. The molecule has 3 heterocycles. The molecule has 1 saturated heterocycles. The number of hydrogen-bond donors (Lipinski definition) is 2. The van der Waals surface area contributed by atoms with Crippen LogP contribution in [0.1, 0.15) is 38.5 Å². The molecule has 2 N–H and O–H groups in total. The second kappa shape index (κ2) is 9.06. The van der Waals surface area contributed by atoms with E-state index in [2.05, 4.69) is 15.6 Å². The predicted octanol–water partition coefficient (Wildman–Crippen LogP) is 3.93. The number of hydrogen-bond acceptors (Lipinski definition) is 5. The van der Waals surface area contributed by atoms with Crippen molar-refractivity contribution in [2.24, 2.45) is 0 Å². The molecular weight excluding hydrogens is 404 g/mol. The van der Waals surface area contributed by atoms with E-state index in [0.29, 0.717) is 12.6 Å². The van der Waals surface area contributed by atoms with Crippen molar-refractivity contribution < 1.29 is 9.53 Å². The summed E-state index contributed by atoms with van der Waals surface area (Å²) in [6.45, 7) is 1.49. The van der Waals surface area contributed by atoms with Crippen LogP contribution in [-0.2, 0) is 0 Å². The molecule has 8 nitrogen and oxygen atoms in total. The number of carbonyl (C=O) groups excluding carboxylic acids is 1. The summed E-state index contributed by atoms with van der Waals surface area (Å²) in [5.41, 5.74) is 2.59. The molecule has 0 radical (unpaired) electrons. The fraction of sp³-hybridized carbons (Fsp3) is 0.458. The zero-order valence-electron chi connectivity index (χ0n) is 18.5. The molecule has 1 aromatic carbocycles. The average Bonchev–Trinajstić information content (AvgIpc) is 3.58. The number of urea groups is 1. The molecule has 1 aliphatic carbocycles. The number of carbonyl (C=O) groups is 1. The molecule has 8 heteroatoms. The maximum absolute atomic E-state index is 12.8. The van der Waals surface area contributed by atoms with E-state index in [1.165, 1.54) is 12.8 Å². The zero-order chi connectivity index (χ0) is 21.9. The first-order valence-electron chi connectivity index (χ1n) is 11.5. The highest BCUT2D eigenvalue weighted by Crippen LogP contribution is 2.30. The number of benzene rings is 1. The van der Waals surface area contributed by atoms with E-state index in [-0.39, 0.29) is 12.1 Å². The molecule has 0 bridgehead atoms. The number of rotatable bonds is 6. The van der Waals surface area contributed by atoms with Gasteiger partial charge in [0.2, 0.25) is 0 Å². The van der Waals surface area contributed by atoms with E-state index in [4.69, 9.17) is 9.84 Å². The number of anilines is 1. The van der Waals surface area contributed by atoms with E-state index in [1.54, 1.807) is 7.11 Å². The predicted molar refractivity (Wildman–Crippen MR) is 124 cm³/mol. The summed E-state index contributed by atoms with van der Waals surface area (Å²) in [4.78, 5) is 19.2. The van der Waals surface area contributed by atoms with Crippen LogP contribution in [0.2, 0.25) is 0 Å². The first-order chi connectivity index (χ1) is 15.7. The zero-order valence-corrected chi connectivity index (χ0v) is 18.5. The van der Waals surface area contributed by atoms with Crippen LogP contribution in [0.25, 0.3) is 16.9 Å². The van der Waals surface area contributed by atoms with Crippen molar-refractivity contribution in [1.29, 1.82) is 0 Å². The summed E-state index contributed by atoms with van der Waals surface area (Å²) in [6.07, 6.45) is 8.50. The van der Waals surface area contributed by atoms with E-state index >= 15 is 0 Å². The molecule has 5 rings (SSSR count). The summed E-state index contributed by atoms with van der Waals surface area (Å²) < 4.78 is 7.35. The van der Waals surface area contributed by atoms with Crippen molar-refractivity contribution in [3.05, 3.63) is 42.6 Å². The van der Waals surface area contributed by atoms with Crippen LogP contribution in [0.5, 0.6) is 5.75 Å². The van der Waals surface area contributed by atoms with Crippen LogP contribution in [0.15, 0.2) is 42.6 Å². The Kier molecular flexibility index (Phi) is 5.83. The minimum atomic E-state index is 0.0812. The van der Waals surface area contributed by atoms with Crippen LogP contribution in [0.3, 0.4) is 0 Å². The molecule has 168 valence electrons. The molecule has 1 aliphatic heterocycles. The fourth-order valence-electron chi connectivity index (χ4n) is 4.87. The van der Waals surface area contributed by atoms with E-state index in [1.807, 2.05) is 52.0 Å². The molecule has 2 aromatic heterocycles. The average molecular weight is 435 g/mol. The standard InChI is InChI=1S/C24H30N6O2/c1-32-21-11-5-4-10-19(21)20-16-26-23-13-12-22(28-30(20)23)25-15-18-9-6-14-29(18)24(31)27-17-7-2-3-8-17/h4-5,10-13,16-18H,2-3,6-9,14-15H2,1H3,(H,25,28)(H,27,31)/t18-/m0/s1. The lowest BCUT2D eigenvalue weighted by Gasteiger charge is -2.27. The Hall–Kier alpha value is -3.29. The Morgan fingerprint density at radius 3 is 2.81 bits per heavy atom. The quantitative estimate of drug-likeness (QED) is 0.614.